The van der Waals surface area contributed by atoms with Gasteiger partial charge in [-0.15, -0.1) is 0 Å². The van der Waals surface area contributed by atoms with Crippen LogP contribution >= 0.6 is 0 Å². The van der Waals surface area contributed by atoms with Crippen LogP contribution in [0.15, 0.2) is 18.2 Å². The highest BCUT2D eigenvalue weighted by Crippen LogP contribution is 2.16. The number of amides is 2. The SMILES string of the molecule is CC1CCN(CCCNC(=O)C(=O)Nc2ccc(F)cc2F)CC1. The van der Waals surface area contributed by atoms with Crippen LogP contribution in [0.5, 0.6) is 0 Å². The summed E-state index contributed by atoms with van der Waals surface area (Å²) in [7, 11) is 0. The zero-order chi connectivity index (χ0) is 17.5. The molecule has 1 saturated heterocycles. The highest BCUT2D eigenvalue weighted by atomic mass is 19.1. The molecule has 2 rings (SSSR count). The molecule has 0 radical (unpaired) electrons. The lowest BCUT2D eigenvalue weighted by Gasteiger charge is -2.30. The highest BCUT2D eigenvalue weighted by molar-refractivity contribution is 6.39. The van der Waals surface area contributed by atoms with Gasteiger partial charge >= 0.3 is 11.8 Å². The third-order valence-corrected chi connectivity index (χ3v) is 4.20. The number of carbonyl (C=O) groups is 2. The summed E-state index contributed by atoms with van der Waals surface area (Å²) in [4.78, 5) is 25.7. The Morgan fingerprint density at radius 3 is 2.58 bits per heavy atom. The van der Waals surface area contributed by atoms with Gasteiger partial charge in [0.15, 0.2) is 0 Å². The first kappa shape index (κ1) is 18.3. The molecule has 0 spiro atoms. The molecule has 1 fully saturated rings. The number of piperidine rings is 1. The maximum atomic E-state index is 13.4. The molecule has 0 aromatic heterocycles. The first-order valence-corrected chi connectivity index (χ1v) is 8.22. The number of halogens is 2. The van der Waals surface area contributed by atoms with Gasteiger partial charge in [-0.2, -0.15) is 0 Å². The molecule has 1 aromatic carbocycles. The van der Waals surface area contributed by atoms with Gasteiger partial charge in [0.2, 0.25) is 0 Å². The van der Waals surface area contributed by atoms with Crippen molar-refractivity contribution in [1.82, 2.24) is 10.2 Å². The van der Waals surface area contributed by atoms with Crippen LogP contribution in [0.1, 0.15) is 26.2 Å². The van der Waals surface area contributed by atoms with Crippen molar-refractivity contribution < 1.29 is 18.4 Å². The van der Waals surface area contributed by atoms with Gasteiger partial charge in [-0.1, -0.05) is 6.92 Å². The maximum Gasteiger partial charge on any atom is 0.313 e. The van der Waals surface area contributed by atoms with Crippen LogP contribution in [0.2, 0.25) is 0 Å². The summed E-state index contributed by atoms with van der Waals surface area (Å²) in [6.07, 6.45) is 3.13. The van der Waals surface area contributed by atoms with E-state index in [0.717, 1.165) is 44.1 Å². The fraction of sp³-hybridized carbons (Fsp3) is 0.529. The molecule has 1 aliphatic heterocycles. The summed E-state index contributed by atoms with van der Waals surface area (Å²) >= 11 is 0. The van der Waals surface area contributed by atoms with Crippen molar-refractivity contribution in [2.24, 2.45) is 5.92 Å². The predicted molar refractivity (Wildman–Crippen MR) is 87.5 cm³/mol. The summed E-state index contributed by atoms with van der Waals surface area (Å²) in [5.74, 6) is -2.69. The lowest BCUT2D eigenvalue weighted by atomic mass is 9.99. The van der Waals surface area contributed by atoms with E-state index >= 15 is 0 Å². The van der Waals surface area contributed by atoms with Gasteiger partial charge in [0.25, 0.3) is 0 Å². The summed E-state index contributed by atoms with van der Waals surface area (Å²) < 4.78 is 26.2. The minimum atomic E-state index is -0.965. The topological polar surface area (TPSA) is 61.4 Å². The Balaban J connectivity index is 1.67. The van der Waals surface area contributed by atoms with Crippen LogP contribution in [0.25, 0.3) is 0 Å². The Morgan fingerprint density at radius 2 is 1.92 bits per heavy atom. The van der Waals surface area contributed by atoms with Crippen LogP contribution in [-0.2, 0) is 9.59 Å². The molecule has 24 heavy (non-hydrogen) atoms. The van der Waals surface area contributed by atoms with Crippen molar-refractivity contribution in [3.63, 3.8) is 0 Å². The molecule has 132 valence electrons. The van der Waals surface area contributed by atoms with Crippen LogP contribution < -0.4 is 10.6 Å². The fourth-order valence-electron chi connectivity index (χ4n) is 2.64. The second kappa shape index (κ2) is 8.73. The number of nitrogens with one attached hydrogen (secondary N) is 2. The number of rotatable bonds is 5. The molecule has 0 saturated carbocycles. The monoisotopic (exact) mass is 339 g/mol. The fourth-order valence-corrected chi connectivity index (χ4v) is 2.64. The zero-order valence-electron chi connectivity index (χ0n) is 13.8. The molecule has 0 bridgehead atoms. The second-order valence-corrected chi connectivity index (χ2v) is 6.21. The summed E-state index contributed by atoms with van der Waals surface area (Å²) in [5.41, 5.74) is -0.223. The van der Waals surface area contributed by atoms with Gasteiger partial charge in [0.1, 0.15) is 11.6 Å². The second-order valence-electron chi connectivity index (χ2n) is 6.21. The number of likely N-dealkylation sites (tertiary alicyclic amines) is 1. The van der Waals surface area contributed by atoms with Crippen molar-refractivity contribution in [3.05, 3.63) is 29.8 Å². The number of hydrogen-bond acceptors (Lipinski definition) is 3. The van der Waals surface area contributed by atoms with E-state index in [1.54, 1.807) is 0 Å². The van der Waals surface area contributed by atoms with E-state index in [4.69, 9.17) is 0 Å². The van der Waals surface area contributed by atoms with Gasteiger partial charge in [0, 0.05) is 12.6 Å². The Labute approximate surface area is 140 Å². The first-order valence-electron chi connectivity index (χ1n) is 8.22. The molecule has 2 amide bonds. The number of benzene rings is 1. The molecule has 0 atom stereocenters. The maximum absolute atomic E-state index is 13.4. The number of hydrogen-bond donors (Lipinski definition) is 2. The standard InChI is InChI=1S/C17H23F2N3O2/c1-12-5-9-22(10-6-12)8-2-7-20-16(23)17(24)21-15-4-3-13(18)11-14(15)19/h3-4,11-12H,2,5-10H2,1H3,(H,20,23)(H,21,24). The summed E-state index contributed by atoms with van der Waals surface area (Å²) in [6, 6.07) is 2.73. The average Bonchev–Trinajstić information content (AvgIpc) is 2.55. The Kier molecular flexibility index (Phi) is 6.66. The third-order valence-electron chi connectivity index (χ3n) is 4.20. The third kappa shape index (κ3) is 5.56. The van der Waals surface area contributed by atoms with E-state index < -0.39 is 23.4 Å². The van der Waals surface area contributed by atoms with Crippen molar-refractivity contribution in [2.45, 2.75) is 26.2 Å². The smallest absolute Gasteiger partial charge is 0.313 e. The molecule has 5 nitrogen and oxygen atoms in total. The molecular weight excluding hydrogens is 316 g/mol. The van der Waals surface area contributed by atoms with Gasteiger partial charge < -0.3 is 15.5 Å². The van der Waals surface area contributed by atoms with Gasteiger partial charge in [-0.3, -0.25) is 9.59 Å². The van der Waals surface area contributed by atoms with E-state index in [-0.39, 0.29) is 5.69 Å². The van der Waals surface area contributed by atoms with Crippen LogP contribution in [0, 0.1) is 17.6 Å². The predicted octanol–water partition coefficient (Wildman–Crippen LogP) is 2.14. The lowest BCUT2D eigenvalue weighted by molar-refractivity contribution is -0.136. The lowest BCUT2D eigenvalue weighted by Crippen LogP contribution is -2.38. The van der Waals surface area contributed by atoms with Crippen molar-refractivity contribution in [1.29, 1.82) is 0 Å². The Bertz CT molecular complexity index is 587. The molecule has 2 N–H and O–H groups in total. The summed E-state index contributed by atoms with van der Waals surface area (Å²) in [5, 5.41) is 4.64. The van der Waals surface area contributed by atoms with E-state index in [1.807, 2.05) is 0 Å². The molecule has 0 aliphatic carbocycles. The van der Waals surface area contributed by atoms with Crippen LogP contribution in [-0.4, -0.2) is 42.9 Å². The number of carbonyl (C=O) groups excluding carboxylic acids is 2. The molecule has 7 heteroatoms. The quantitative estimate of drug-likeness (QED) is 0.638. The Morgan fingerprint density at radius 1 is 1.21 bits per heavy atom. The largest absolute Gasteiger partial charge is 0.348 e. The van der Waals surface area contributed by atoms with E-state index in [2.05, 4.69) is 22.5 Å². The van der Waals surface area contributed by atoms with Crippen LogP contribution in [0.3, 0.4) is 0 Å². The number of anilines is 1. The van der Waals surface area contributed by atoms with Crippen molar-refractivity contribution in [2.75, 3.05) is 31.5 Å². The molecular formula is C17H23F2N3O2. The minimum Gasteiger partial charge on any atom is -0.348 e. The van der Waals surface area contributed by atoms with Gasteiger partial charge in [-0.05, 0) is 56.9 Å². The first-order chi connectivity index (χ1) is 11.5. The molecule has 1 aromatic rings. The number of nitrogens with zero attached hydrogens (tertiary/aromatic N) is 1. The molecule has 1 aliphatic rings. The minimum absolute atomic E-state index is 0.223. The molecule has 1 heterocycles. The highest BCUT2D eigenvalue weighted by Gasteiger charge is 2.17. The summed E-state index contributed by atoms with van der Waals surface area (Å²) in [6.45, 7) is 5.64. The zero-order valence-corrected chi connectivity index (χ0v) is 13.8. The van der Waals surface area contributed by atoms with E-state index in [0.29, 0.717) is 12.6 Å². The van der Waals surface area contributed by atoms with Crippen molar-refractivity contribution >= 4 is 17.5 Å². The Hall–Kier alpha value is -2.02. The van der Waals surface area contributed by atoms with E-state index in [9.17, 15) is 18.4 Å². The van der Waals surface area contributed by atoms with Crippen LogP contribution in [0.4, 0.5) is 14.5 Å². The van der Waals surface area contributed by atoms with Crippen molar-refractivity contribution in [3.8, 4) is 0 Å². The molecule has 0 unspecified atom stereocenters. The average molecular weight is 339 g/mol. The van der Waals surface area contributed by atoms with Gasteiger partial charge in [0.05, 0.1) is 5.69 Å². The van der Waals surface area contributed by atoms with Gasteiger partial charge in [-0.25, -0.2) is 8.78 Å². The van der Waals surface area contributed by atoms with E-state index in [1.165, 1.54) is 12.8 Å². The normalized spacial score (nSPS) is 16.0.